The molecule has 1 unspecified atom stereocenters. The van der Waals surface area contributed by atoms with Gasteiger partial charge in [-0.3, -0.25) is 0 Å². The van der Waals surface area contributed by atoms with E-state index in [0.717, 1.165) is 16.4 Å². The molecule has 1 atom stereocenters. The number of aromatic nitrogens is 3. The molecule has 3 rings (SSSR count). The molecule has 2 aromatic heterocycles. The third-order valence-electron chi connectivity index (χ3n) is 3.27. The summed E-state index contributed by atoms with van der Waals surface area (Å²) in [6.45, 7) is 4.11. The highest BCUT2D eigenvalue weighted by molar-refractivity contribution is 7.11. The second kappa shape index (κ2) is 3.92. The van der Waals surface area contributed by atoms with E-state index in [0.29, 0.717) is 6.04 Å². The summed E-state index contributed by atoms with van der Waals surface area (Å²) in [5.74, 6) is 0. The zero-order chi connectivity index (χ0) is 12.0. The van der Waals surface area contributed by atoms with Gasteiger partial charge in [0.2, 0.25) is 0 Å². The lowest BCUT2D eigenvalue weighted by Gasteiger charge is -2.11. The number of hydrogen-bond acceptors (Lipinski definition) is 4. The number of thiazole rings is 1. The Morgan fingerprint density at radius 2 is 2.24 bits per heavy atom. The lowest BCUT2D eigenvalue weighted by Crippen LogP contribution is -2.16. The standard InChI is InChI=1S/C12H16N4S/c1-7-8(2)17-12(15-7)11(13)10-5-14-6-16(10)9-3-4-9/h5-6,9,11H,3-4,13H2,1-2H3. The van der Waals surface area contributed by atoms with Crippen LogP contribution < -0.4 is 5.73 Å². The van der Waals surface area contributed by atoms with E-state index in [9.17, 15) is 0 Å². The molecule has 0 radical (unpaired) electrons. The fourth-order valence-electron chi connectivity index (χ4n) is 1.97. The third-order valence-corrected chi connectivity index (χ3v) is 4.42. The van der Waals surface area contributed by atoms with E-state index in [4.69, 9.17) is 5.73 Å². The van der Waals surface area contributed by atoms with Gasteiger partial charge in [0.25, 0.3) is 0 Å². The van der Waals surface area contributed by atoms with Crippen LogP contribution >= 0.6 is 11.3 Å². The molecule has 5 heteroatoms. The highest BCUT2D eigenvalue weighted by Gasteiger charge is 2.28. The first-order valence-electron chi connectivity index (χ1n) is 5.88. The van der Waals surface area contributed by atoms with Crippen molar-refractivity contribution in [3.63, 3.8) is 0 Å². The van der Waals surface area contributed by atoms with Crippen molar-refractivity contribution in [1.29, 1.82) is 0 Å². The third kappa shape index (κ3) is 1.89. The van der Waals surface area contributed by atoms with Crippen molar-refractivity contribution in [3.8, 4) is 0 Å². The molecule has 2 heterocycles. The molecule has 0 aromatic carbocycles. The second-order valence-corrected chi connectivity index (χ2v) is 5.86. The van der Waals surface area contributed by atoms with E-state index in [1.54, 1.807) is 11.3 Å². The molecule has 1 saturated carbocycles. The van der Waals surface area contributed by atoms with Crippen LogP contribution in [0.2, 0.25) is 0 Å². The number of nitrogens with zero attached hydrogens (tertiary/aromatic N) is 3. The molecule has 0 saturated heterocycles. The summed E-state index contributed by atoms with van der Waals surface area (Å²) in [5, 5.41) is 0.988. The average Bonchev–Trinajstić information content (AvgIpc) is 2.94. The zero-order valence-corrected chi connectivity index (χ0v) is 10.9. The SMILES string of the molecule is Cc1nc(C(N)c2cncn2C2CC2)sc1C. The Morgan fingerprint density at radius 3 is 2.82 bits per heavy atom. The summed E-state index contributed by atoms with van der Waals surface area (Å²) >= 11 is 1.68. The minimum absolute atomic E-state index is 0.143. The van der Waals surface area contributed by atoms with Crippen LogP contribution in [0.3, 0.4) is 0 Å². The number of nitrogens with two attached hydrogens (primary N) is 1. The van der Waals surface area contributed by atoms with Gasteiger partial charge in [-0.2, -0.15) is 0 Å². The summed E-state index contributed by atoms with van der Waals surface area (Å²) in [5.41, 5.74) is 8.46. The van der Waals surface area contributed by atoms with Crippen LogP contribution in [0.25, 0.3) is 0 Å². The molecule has 2 aromatic rings. The fraction of sp³-hybridized carbons (Fsp3) is 0.500. The van der Waals surface area contributed by atoms with E-state index in [1.165, 1.54) is 17.7 Å². The Balaban J connectivity index is 1.94. The lowest BCUT2D eigenvalue weighted by atomic mass is 10.2. The summed E-state index contributed by atoms with van der Waals surface area (Å²) in [4.78, 5) is 10.0. The van der Waals surface area contributed by atoms with Crippen LogP contribution in [0.4, 0.5) is 0 Å². The highest BCUT2D eigenvalue weighted by atomic mass is 32.1. The molecular formula is C12H16N4S. The van der Waals surface area contributed by atoms with E-state index in [2.05, 4.69) is 21.5 Å². The molecule has 0 bridgehead atoms. The van der Waals surface area contributed by atoms with E-state index < -0.39 is 0 Å². The lowest BCUT2D eigenvalue weighted by molar-refractivity contribution is 0.658. The summed E-state index contributed by atoms with van der Waals surface area (Å²) in [6.07, 6.45) is 6.24. The largest absolute Gasteiger partial charge is 0.330 e. The van der Waals surface area contributed by atoms with Gasteiger partial charge in [0.05, 0.1) is 30.0 Å². The van der Waals surface area contributed by atoms with Crippen LogP contribution in [-0.2, 0) is 0 Å². The molecule has 17 heavy (non-hydrogen) atoms. The maximum absolute atomic E-state index is 6.30. The summed E-state index contributed by atoms with van der Waals surface area (Å²) < 4.78 is 2.21. The number of rotatable bonds is 3. The molecule has 0 amide bonds. The molecule has 90 valence electrons. The number of hydrogen-bond donors (Lipinski definition) is 1. The smallest absolute Gasteiger partial charge is 0.116 e. The molecule has 0 aliphatic heterocycles. The van der Waals surface area contributed by atoms with Crippen molar-refractivity contribution < 1.29 is 0 Å². The Hall–Kier alpha value is -1.20. The first-order chi connectivity index (χ1) is 8.16. The van der Waals surface area contributed by atoms with Gasteiger partial charge in [-0.15, -0.1) is 11.3 Å². The first kappa shape index (κ1) is 10.9. The predicted octanol–water partition coefficient (Wildman–Crippen LogP) is 2.34. The van der Waals surface area contributed by atoms with Crippen molar-refractivity contribution >= 4 is 11.3 Å². The Labute approximate surface area is 105 Å². The van der Waals surface area contributed by atoms with Crippen molar-refractivity contribution in [1.82, 2.24) is 14.5 Å². The normalized spacial score (nSPS) is 17.4. The number of aryl methyl sites for hydroxylation is 2. The quantitative estimate of drug-likeness (QED) is 0.907. The topological polar surface area (TPSA) is 56.7 Å². The molecule has 1 aliphatic rings. The minimum atomic E-state index is -0.143. The van der Waals surface area contributed by atoms with Crippen molar-refractivity contribution in [3.05, 3.63) is 33.8 Å². The van der Waals surface area contributed by atoms with Crippen LogP contribution in [0.15, 0.2) is 12.5 Å². The number of imidazole rings is 1. The fourth-order valence-corrected chi connectivity index (χ4v) is 2.91. The van der Waals surface area contributed by atoms with E-state index in [1.807, 2.05) is 19.4 Å². The Bertz CT molecular complexity index is 519. The van der Waals surface area contributed by atoms with Gasteiger partial charge in [-0.05, 0) is 26.7 Å². The summed E-state index contributed by atoms with van der Waals surface area (Å²) in [7, 11) is 0. The molecule has 2 N–H and O–H groups in total. The molecular weight excluding hydrogens is 232 g/mol. The zero-order valence-electron chi connectivity index (χ0n) is 10.1. The Kier molecular flexibility index (Phi) is 2.52. The molecule has 1 aliphatic carbocycles. The van der Waals surface area contributed by atoms with Gasteiger partial charge >= 0.3 is 0 Å². The average molecular weight is 248 g/mol. The maximum Gasteiger partial charge on any atom is 0.116 e. The summed E-state index contributed by atoms with van der Waals surface area (Å²) in [6, 6.07) is 0.469. The second-order valence-electron chi connectivity index (χ2n) is 4.63. The van der Waals surface area contributed by atoms with Crippen LogP contribution in [-0.4, -0.2) is 14.5 Å². The van der Waals surface area contributed by atoms with Gasteiger partial charge in [0, 0.05) is 10.9 Å². The van der Waals surface area contributed by atoms with Crippen molar-refractivity contribution in [2.45, 2.75) is 38.8 Å². The van der Waals surface area contributed by atoms with Crippen molar-refractivity contribution in [2.24, 2.45) is 5.73 Å². The van der Waals surface area contributed by atoms with Gasteiger partial charge in [0.15, 0.2) is 0 Å². The van der Waals surface area contributed by atoms with Crippen LogP contribution in [0, 0.1) is 13.8 Å². The molecule has 0 spiro atoms. The van der Waals surface area contributed by atoms with Gasteiger partial charge in [-0.1, -0.05) is 0 Å². The highest BCUT2D eigenvalue weighted by Crippen LogP contribution is 2.37. The van der Waals surface area contributed by atoms with Crippen molar-refractivity contribution in [2.75, 3.05) is 0 Å². The van der Waals surface area contributed by atoms with Crippen LogP contribution in [0.1, 0.15) is 46.2 Å². The maximum atomic E-state index is 6.30. The van der Waals surface area contributed by atoms with Crippen LogP contribution in [0.5, 0.6) is 0 Å². The molecule has 1 fully saturated rings. The van der Waals surface area contributed by atoms with Gasteiger partial charge in [0.1, 0.15) is 5.01 Å². The first-order valence-corrected chi connectivity index (χ1v) is 6.69. The van der Waals surface area contributed by atoms with Gasteiger partial charge in [-0.25, -0.2) is 9.97 Å². The minimum Gasteiger partial charge on any atom is -0.330 e. The van der Waals surface area contributed by atoms with E-state index >= 15 is 0 Å². The monoisotopic (exact) mass is 248 g/mol. The Morgan fingerprint density at radius 1 is 1.47 bits per heavy atom. The molecule has 4 nitrogen and oxygen atoms in total. The predicted molar refractivity (Wildman–Crippen MR) is 68.1 cm³/mol. The van der Waals surface area contributed by atoms with E-state index in [-0.39, 0.29) is 6.04 Å². The van der Waals surface area contributed by atoms with Gasteiger partial charge < -0.3 is 10.3 Å².